The molecule has 0 aliphatic rings. The van der Waals surface area contributed by atoms with Crippen molar-refractivity contribution >= 4 is 0 Å². The molecule has 0 aliphatic heterocycles. The van der Waals surface area contributed by atoms with Crippen molar-refractivity contribution < 1.29 is 0 Å². The minimum Gasteiger partial charge on any atom is -0.103 e. The molecule has 0 aromatic rings. The molecule has 0 heterocycles. The second kappa shape index (κ2) is 24.5. The molecule has 0 fully saturated rings. The van der Waals surface area contributed by atoms with Crippen LogP contribution in [0.4, 0.5) is 0 Å². The van der Waals surface area contributed by atoms with Crippen molar-refractivity contribution in [3.05, 3.63) is 37.5 Å². The first-order chi connectivity index (χ1) is 11.4. The van der Waals surface area contributed by atoms with Gasteiger partial charge in [-0.05, 0) is 43.9 Å². The summed E-state index contributed by atoms with van der Waals surface area (Å²) < 4.78 is 0. The second-order valence-electron chi connectivity index (χ2n) is 7.13. The van der Waals surface area contributed by atoms with Gasteiger partial charge < -0.3 is 0 Å². The smallest absolute Gasteiger partial charge is 0.0325 e. The Bertz CT molecular complexity index is 251. The van der Waals surface area contributed by atoms with Gasteiger partial charge in [-0.3, -0.25) is 0 Å². The average Bonchev–Trinajstić information content (AvgIpc) is 2.59. The van der Waals surface area contributed by atoms with Gasteiger partial charge in [-0.25, -0.2) is 0 Å². The molecule has 0 bridgehead atoms. The van der Waals surface area contributed by atoms with Crippen LogP contribution in [0.15, 0.2) is 37.5 Å². The molecule has 0 N–H and O–H groups in total. The summed E-state index contributed by atoms with van der Waals surface area (Å²) in [6, 6.07) is 0. The maximum absolute atomic E-state index is 3.65. The normalized spacial score (nSPS) is 12.7. The summed E-state index contributed by atoms with van der Waals surface area (Å²) in [6.07, 6.45) is 18.5. The monoisotopic (exact) mass is 336 g/mol. The number of unbranched alkanes of at least 4 members (excludes halogenated alkanes) is 1. The van der Waals surface area contributed by atoms with E-state index >= 15 is 0 Å². The van der Waals surface area contributed by atoms with Crippen LogP contribution < -0.4 is 0 Å². The highest BCUT2D eigenvalue weighted by Crippen LogP contribution is 2.10. The quantitative estimate of drug-likeness (QED) is 0.330. The van der Waals surface area contributed by atoms with Gasteiger partial charge in [0.1, 0.15) is 0 Å². The van der Waals surface area contributed by atoms with Crippen LogP contribution in [0.1, 0.15) is 99.8 Å². The van der Waals surface area contributed by atoms with E-state index in [1.165, 1.54) is 38.5 Å². The Labute approximate surface area is 155 Å². The lowest BCUT2D eigenvalue weighted by atomic mass is 10.0. The van der Waals surface area contributed by atoms with E-state index in [-0.39, 0.29) is 0 Å². The van der Waals surface area contributed by atoms with Gasteiger partial charge in [0, 0.05) is 0 Å². The van der Waals surface area contributed by atoms with Gasteiger partial charge in [0.15, 0.2) is 0 Å². The fourth-order valence-electron chi connectivity index (χ4n) is 1.96. The van der Waals surface area contributed by atoms with Crippen LogP contribution in [0.5, 0.6) is 0 Å². The fourth-order valence-corrected chi connectivity index (χ4v) is 1.96. The molecule has 0 aromatic heterocycles. The molecular weight excluding hydrogens is 288 g/mol. The van der Waals surface area contributed by atoms with Crippen molar-refractivity contribution in [3.63, 3.8) is 0 Å². The van der Waals surface area contributed by atoms with Crippen molar-refractivity contribution in [2.75, 3.05) is 0 Å². The summed E-state index contributed by atoms with van der Waals surface area (Å²) >= 11 is 0. The highest BCUT2D eigenvalue weighted by Gasteiger charge is 1.94. The third-order valence-electron chi connectivity index (χ3n) is 4.36. The molecule has 2 atom stereocenters. The van der Waals surface area contributed by atoms with Crippen LogP contribution in [0.2, 0.25) is 0 Å². The van der Waals surface area contributed by atoms with Crippen LogP contribution in [0.3, 0.4) is 0 Å². The molecule has 0 aliphatic carbocycles. The zero-order valence-corrected chi connectivity index (χ0v) is 18.1. The SMILES string of the molecule is C/C=C/CC(C)CC.C=CCC(C)CC=C.CCCCC(C)CC. The van der Waals surface area contributed by atoms with Crippen molar-refractivity contribution in [2.24, 2.45) is 17.8 Å². The summed E-state index contributed by atoms with van der Waals surface area (Å²) in [5, 5.41) is 0. The molecule has 0 spiro atoms. The molecule has 24 heavy (non-hydrogen) atoms. The Morgan fingerprint density at radius 1 is 0.750 bits per heavy atom. The lowest BCUT2D eigenvalue weighted by Gasteiger charge is -2.04. The van der Waals surface area contributed by atoms with Crippen molar-refractivity contribution in [3.8, 4) is 0 Å². The standard InChI is InChI=1S/C8H18.C8H16.C8H14/c2*1-4-6-7-8(3)5-2;1-4-6-8(3)7-5-2/h8H,4-7H2,1-3H3;4,6,8H,5,7H2,1-3H3;4-5,8H,1-2,6-7H2,3H3/b;6-4+;. The highest BCUT2D eigenvalue weighted by molar-refractivity contribution is 4.78. The summed E-state index contributed by atoms with van der Waals surface area (Å²) in [6.45, 7) is 22.9. The van der Waals surface area contributed by atoms with Crippen LogP contribution in [0.25, 0.3) is 0 Å². The Balaban J connectivity index is -0.000000276. The van der Waals surface area contributed by atoms with Crippen LogP contribution in [0, 0.1) is 17.8 Å². The molecule has 0 rings (SSSR count). The van der Waals surface area contributed by atoms with Crippen LogP contribution in [-0.4, -0.2) is 0 Å². The van der Waals surface area contributed by atoms with E-state index in [2.05, 4.69) is 73.8 Å². The Morgan fingerprint density at radius 2 is 1.25 bits per heavy atom. The van der Waals surface area contributed by atoms with Gasteiger partial charge in [0.05, 0.1) is 0 Å². The fraction of sp³-hybridized carbons (Fsp3) is 0.750. The van der Waals surface area contributed by atoms with Gasteiger partial charge in [-0.2, -0.15) is 0 Å². The largest absolute Gasteiger partial charge is 0.103 e. The second-order valence-corrected chi connectivity index (χ2v) is 7.13. The number of hydrogen-bond acceptors (Lipinski definition) is 0. The molecule has 0 saturated heterocycles. The molecular formula is C24H48. The molecule has 0 nitrogen and oxygen atoms in total. The van der Waals surface area contributed by atoms with E-state index in [1.807, 2.05) is 12.2 Å². The Kier molecular flexibility index (Phi) is 28.6. The lowest BCUT2D eigenvalue weighted by molar-refractivity contribution is 0.492. The van der Waals surface area contributed by atoms with E-state index in [0.29, 0.717) is 0 Å². The van der Waals surface area contributed by atoms with Crippen molar-refractivity contribution in [2.45, 2.75) is 99.8 Å². The predicted octanol–water partition coefficient (Wildman–Crippen LogP) is 9.00. The highest BCUT2D eigenvalue weighted by atomic mass is 14.0. The summed E-state index contributed by atoms with van der Waals surface area (Å²) in [5.74, 6) is 2.55. The topological polar surface area (TPSA) is 0 Å². The van der Waals surface area contributed by atoms with Crippen LogP contribution in [-0.2, 0) is 0 Å². The Hall–Kier alpha value is -0.780. The van der Waals surface area contributed by atoms with Gasteiger partial charge in [0.25, 0.3) is 0 Å². The number of hydrogen-bond donors (Lipinski definition) is 0. The van der Waals surface area contributed by atoms with E-state index in [0.717, 1.165) is 30.6 Å². The lowest BCUT2D eigenvalue weighted by Crippen LogP contribution is -1.89. The molecule has 0 heteroatoms. The van der Waals surface area contributed by atoms with Gasteiger partial charge in [-0.1, -0.05) is 98.0 Å². The Morgan fingerprint density at radius 3 is 1.58 bits per heavy atom. The van der Waals surface area contributed by atoms with E-state index in [4.69, 9.17) is 0 Å². The zero-order valence-electron chi connectivity index (χ0n) is 18.1. The molecule has 0 amide bonds. The third-order valence-corrected chi connectivity index (χ3v) is 4.36. The van der Waals surface area contributed by atoms with E-state index in [9.17, 15) is 0 Å². The van der Waals surface area contributed by atoms with E-state index < -0.39 is 0 Å². The van der Waals surface area contributed by atoms with Crippen molar-refractivity contribution in [1.29, 1.82) is 0 Å². The maximum atomic E-state index is 3.65. The third kappa shape index (κ3) is 29.3. The van der Waals surface area contributed by atoms with E-state index in [1.54, 1.807) is 0 Å². The summed E-state index contributed by atoms with van der Waals surface area (Å²) in [5.41, 5.74) is 0. The minimum absolute atomic E-state index is 0.727. The van der Waals surface area contributed by atoms with Gasteiger partial charge in [-0.15, -0.1) is 13.2 Å². The first-order valence-electron chi connectivity index (χ1n) is 10.3. The number of rotatable bonds is 11. The first kappa shape index (κ1) is 28.0. The molecule has 2 unspecified atom stereocenters. The minimum atomic E-state index is 0.727. The zero-order chi connectivity index (χ0) is 19.2. The molecule has 0 aromatic carbocycles. The maximum Gasteiger partial charge on any atom is -0.0325 e. The molecule has 144 valence electrons. The predicted molar refractivity (Wildman–Crippen MR) is 117 cm³/mol. The summed E-state index contributed by atoms with van der Waals surface area (Å²) in [7, 11) is 0. The van der Waals surface area contributed by atoms with Gasteiger partial charge >= 0.3 is 0 Å². The summed E-state index contributed by atoms with van der Waals surface area (Å²) in [4.78, 5) is 0. The van der Waals surface area contributed by atoms with Crippen LogP contribution >= 0.6 is 0 Å². The number of allylic oxidation sites excluding steroid dienone is 4. The average molecular weight is 337 g/mol. The first-order valence-corrected chi connectivity index (χ1v) is 10.3. The van der Waals surface area contributed by atoms with Crippen molar-refractivity contribution in [1.82, 2.24) is 0 Å². The van der Waals surface area contributed by atoms with Gasteiger partial charge in [0.2, 0.25) is 0 Å². The molecule has 0 saturated carbocycles. The molecule has 0 radical (unpaired) electrons.